The van der Waals surface area contributed by atoms with Crippen molar-refractivity contribution in [2.75, 3.05) is 25.0 Å². The molecule has 0 atom stereocenters. The zero-order valence-corrected chi connectivity index (χ0v) is 21.7. The molecule has 0 bridgehead atoms. The van der Waals surface area contributed by atoms with Crippen LogP contribution in [0.25, 0.3) is 0 Å². The number of sulfonamides is 1. The van der Waals surface area contributed by atoms with Crippen molar-refractivity contribution in [3.63, 3.8) is 0 Å². The van der Waals surface area contributed by atoms with Crippen LogP contribution in [0, 0.1) is 5.92 Å². The summed E-state index contributed by atoms with van der Waals surface area (Å²) >= 11 is 8.51. The summed E-state index contributed by atoms with van der Waals surface area (Å²) < 4.78 is 27.7. The number of thiazole rings is 1. The summed E-state index contributed by atoms with van der Waals surface area (Å²) in [6, 6.07) is 13.5. The van der Waals surface area contributed by atoms with Crippen LogP contribution in [0.3, 0.4) is 0 Å². The Balaban J connectivity index is 1.16. The molecular weight excluding hydrogens is 512 g/mol. The molecule has 34 heavy (non-hydrogen) atoms. The summed E-state index contributed by atoms with van der Waals surface area (Å²) in [6.07, 6.45) is 1.84. The van der Waals surface area contributed by atoms with Crippen LogP contribution < -0.4 is 5.32 Å². The van der Waals surface area contributed by atoms with Crippen LogP contribution in [0.1, 0.15) is 29.0 Å². The maximum absolute atomic E-state index is 12.9. The molecule has 2 aromatic heterocycles. The molecule has 0 radical (unpaired) electrons. The molecule has 5 rings (SSSR count). The molecule has 0 unspecified atom stereocenters. The number of hydrogen-bond acceptors (Lipinski definition) is 7. The smallest absolute Gasteiger partial charge is 0.252 e. The lowest BCUT2D eigenvalue weighted by Gasteiger charge is -2.29. The third kappa shape index (κ3) is 5.22. The fraction of sp³-hybridized carbons (Fsp3) is 0.391. The van der Waals surface area contributed by atoms with Gasteiger partial charge in [-0.2, -0.15) is 4.31 Å². The van der Waals surface area contributed by atoms with E-state index in [1.165, 1.54) is 20.8 Å². The molecule has 1 amide bonds. The average Bonchev–Trinajstić information content (AvgIpc) is 3.45. The number of rotatable bonds is 6. The van der Waals surface area contributed by atoms with Crippen molar-refractivity contribution in [1.82, 2.24) is 14.2 Å². The van der Waals surface area contributed by atoms with Gasteiger partial charge in [0, 0.05) is 49.9 Å². The molecule has 0 aliphatic carbocycles. The lowest BCUT2D eigenvalue weighted by molar-refractivity contribution is -0.120. The summed E-state index contributed by atoms with van der Waals surface area (Å²) in [5.74, 6) is -0.308. The van der Waals surface area contributed by atoms with Gasteiger partial charge in [-0.05, 0) is 30.5 Å². The standard InChI is InChI=1S/C23H25ClN4O3S3/c24-20-6-7-21(33-20)34(30,31)28-12-8-17(9-13-28)22(29)26-23-25-18-10-11-27(15-19(18)32-23)14-16-4-2-1-3-5-16/h1-7,17H,8-15H2,(H,25,26,29). The van der Waals surface area contributed by atoms with Gasteiger partial charge in [0.05, 0.1) is 10.0 Å². The van der Waals surface area contributed by atoms with E-state index in [4.69, 9.17) is 11.6 Å². The van der Waals surface area contributed by atoms with Crippen LogP contribution in [-0.4, -0.2) is 48.1 Å². The Morgan fingerprint density at radius 3 is 2.56 bits per heavy atom. The maximum atomic E-state index is 12.9. The Bertz CT molecular complexity index is 1270. The molecule has 0 saturated carbocycles. The Morgan fingerprint density at radius 1 is 1.09 bits per heavy atom. The molecule has 11 heteroatoms. The summed E-state index contributed by atoms with van der Waals surface area (Å²) in [7, 11) is -3.56. The van der Waals surface area contributed by atoms with Crippen molar-refractivity contribution >= 4 is 55.3 Å². The van der Waals surface area contributed by atoms with E-state index in [9.17, 15) is 13.2 Å². The third-order valence-corrected chi connectivity index (χ3v) is 10.9. The normalized spacial score (nSPS) is 18.0. The Hall–Kier alpha value is -1.82. The number of carbonyl (C=O) groups excluding carboxylic acids is 1. The first-order valence-electron chi connectivity index (χ1n) is 11.2. The zero-order valence-electron chi connectivity index (χ0n) is 18.4. The van der Waals surface area contributed by atoms with Crippen LogP contribution in [0.2, 0.25) is 4.34 Å². The Morgan fingerprint density at radius 2 is 1.85 bits per heavy atom. The monoisotopic (exact) mass is 536 g/mol. The number of aromatic nitrogens is 1. The minimum atomic E-state index is -3.56. The predicted molar refractivity (Wildman–Crippen MR) is 136 cm³/mol. The molecule has 180 valence electrons. The topological polar surface area (TPSA) is 82.6 Å². The number of anilines is 1. The minimum absolute atomic E-state index is 0.0801. The van der Waals surface area contributed by atoms with Gasteiger partial charge in [0.25, 0.3) is 10.0 Å². The van der Waals surface area contributed by atoms with Gasteiger partial charge < -0.3 is 5.32 Å². The number of nitrogens with zero attached hydrogens (tertiary/aromatic N) is 3. The van der Waals surface area contributed by atoms with Crippen LogP contribution in [-0.2, 0) is 34.3 Å². The van der Waals surface area contributed by atoms with E-state index in [2.05, 4.69) is 39.5 Å². The quantitative estimate of drug-likeness (QED) is 0.503. The number of nitrogens with one attached hydrogen (secondary N) is 1. The molecule has 1 saturated heterocycles. The number of piperidine rings is 1. The first kappa shape index (κ1) is 23.9. The van der Waals surface area contributed by atoms with Crippen molar-refractivity contribution in [2.24, 2.45) is 5.92 Å². The van der Waals surface area contributed by atoms with E-state index in [-0.39, 0.29) is 16.0 Å². The number of hydrogen-bond donors (Lipinski definition) is 1. The Labute approximate surface area is 212 Å². The van der Waals surface area contributed by atoms with Gasteiger partial charge in [0.2, 0.25) is 5.91 Å². The van der Waals surface area contributed by atoms with E-state index in [1.807, 2.05) is 6.07 Å². The number of amides is 1. The van der Waals surface area contributed by atoms with E-state index < -0.39 is 10.0 Å². The van der Waals surface area contributed by atoms with Crippen molar-refractivity contribution in [2.45, 2.75) is 36.6 Å². The Kier molecular flexibility index (Phi) is 7.06. The summed E-state index contributed by atoms with van der Waals surface area (Å²) in [5, 5.41) is 3.63. The molecule has 4 heterocycles. The molecule has 7 nitrogen and oxygen atoms in total. The fourth-order valence-corrected chi connectivity index (χ4v) is 8.57. The van der Waals surface area contributed by atoms with Gasteiger partial charge in [0.1, 0.15) is 4.21 Å². The minimum Gasteiger partial charge on any atom is -0.302 e. The van der Waals surface area contributed by atoms with Gasteiger partial charge in [0.15, 0.2) is 5.13 Å². The number of thiophene rings is 1. The second-order valence-electron chi connectivity index (χ2n) is 8.56. The van der Waals surface area contributed by atoms with E-state index in [0.29, 0.717) is 35.4 Å². The number of halogens is 1. The summed E-state index contributed by atoms with van der Waals surface area (Å²) in [5.41, 5.74) is 2.36. The molecule has 1 fully saturated rings. The first-order valence-corrected chi connectivity index (χ1v) is 14.6. The third-order valence-electron chi connectivity index (χ3n) is 6.26. The fourth-order valence-electron chi connectivity index (χ4n) is 4.41. The second kappa shape index (κ2) is 10.0. The predicted octanol–water partition coefficient (Wildman–Crippen LogP) is 4.46. The lowest BCUT2D eigenvalue weighted by atomic mass is 9.97. The van der Waals surface area contributed by atoms with E-state index >= 15 is 0 Å². The van der Waals surface area contributed by atoms with Crippen LogP contribution >= 0.6 is 34.3 Å². The van der Waals surface area contributed by atoms with Crippen molar-refractivity contribution < 1.29 is 13.2 Å². The summed E-state index contributed by atoms with van der Waals surface area (Å²) in [4.78, 5) is 21.1. The zero-order chi connectivity index (χ0) is 23.7. The molecule has 3 aromatic rings. The van der Waals surface area contributed by atoms with Gasteiger partial charge >= 0.3 is 0 Å². The van der Waals surface area contributed by atoms with Crippen LogP contribution in [0.15, 0.2) is 46.7 Å². The average molecular weight is 537 g/mol. The van der Waals surface area contributed by atoms with Gasteiger partial charge in [-0.15, -0.1) is 22.7 Å². The molecule has 2 aliphatic rings. The van der Waals surface area contributed by atoms with E-state index in [1.54, 1.807) is 17.4 Å². The summed E-state index contributed by atoms with van der Waals surface area (Å²) in [6.45, 7) is 3.32. The first-order chi connectivity index (χ1) is 16.4. The number of benzene rings is 1. The number of fused-ring (bicyclic) bond motifs is 1. The van der Waals surface area contributed by atoms with Crippen LogP contribution in [0.5, 0.6) is 0 Å². The molecule has 0 spiro atoms. The molecular formula is C23H25ClN4O3S3. The highest BCUT2D eigenvalue weighted by Gasteiger charge is 2.33. The van der Waals surface area contributed by atoms with Gasteiger partial charge in [-0.25, -0.2) is 13.4 Å². The van der Waals surface area contributed by atoms with Gasteiger partial charge in [-0.3, -0.25) is 9.69 Å². The van der Waals surface area contributed by atoms with Crippen molar-refractivity contribution in [3.8, 4) is 0 Å². The SMILES string of the molecule is O=C(Nc1nc2c(s1)CN(Cc1ccccc1)CC2)C1CCN(S(=O)(=O)c2ccc(Cl)s2)CC1. The van der Waals surface area contributed by atoms with E-state index in [0.717, 1.165) is 43.1 Å². The van der Waals surface area contributed by atoms with Gasteiger partial charge in [-0.1, -0.05) is 41.9 Å². The molecule has 2 aliphatic heterocycles. The highest BCUT2D eigenvalue weighted by atomic mass is 35.5. The highest BCUT2D eigenvalue weighted by molar-refractivity contribution is 7.91. The molecule has 1 N–H and O–H groups in total. The second-order valence-corrected chi connectivity index (χ2v) is 13.5. The van der Waals surface area contributed by atoms with Crippen LogP contribution in [0.4, 0.5) is 5.13 Å². The lowest BCUT2D eigenvalue weighted by Crippen LogP contribution is -2.41. The largest absolute Gasteiger partial charge is 0.302 e. The highest BCUT2D eigenvalue weighted by Crippen LogP contribution is 2.32. The van der Waals surface area contributed by atoms with Crippen molar-refractivity contribution in [3.05, 3.63) is 62.9 Å². The molecule has 1 aromatic carbocycles. The van der Waals surface area contributed by atoms with Crippen molar-refractivity contribution in [1.29, 1.82) is 0 Å². The number of carbonyl (C=O) groups is 1. The maximum Gasteiger partial charge on any atom is 0.252 e.